The van der Waals surface area contributed by atoms with Crippen LogP contribution < -0.4 is 10.6 Å². The Morgan fingerprint density at radius 2 is 1.77 bits per heavy atom. The molecule has 3 rings (SSSR count). The molecule has 0 saturated heterocycles. The van der Waals surface area contributed by atoms with Gasteiger partial charge >= 0.3 is 0 Å². The fourth-order valence-electron chi connectivity index (χ4n) is 2.48. The van der Waals surface area contributed by atoms with Crippen LogP contribution in [0, 0.1) is 12.7 Å². The van der Waals surface area contributed by atoms with E-state index in [0.717, 1.165) is 12.0 Å². The van der Waals surface area contributed by atoms with Gasteiger partial charge in [-0.15, -0.1) is 0 Å². The first-order valence-corrected chi connectivity index (χ1v) is 8.31. The number of anilines is 2. The first-order chi connectivity index (χ1) is 12.6. The molecule has 0 aliphatic rings. The van der Waals surface area contributed by atoms with Gasteiger partial charge in [-0.25, -0.2) is 14.4 Å². The van der Waals surface area contributed by atoms with Crippen molar-refractivity contribution in [3.8, 4) is 0 Å². The number of carbonyl (C=O) groups is 1. The van der Waals surface area contributed by atoms with Gasteiger partial charge in [0.1, 0.15) is 11.5 Å². The number of amides is 1. The molecular weight excluding hydrogens is 331 g/mol. The van der Waals surface area contributed by atoms with Crippen molar-refractivity contribution in [2.45, 2.75) is 13.3 Å². The summed E-state index contributed by atoms with van der Waals surface area (Å²) in [6, 6.07) is 17.7. The van der Waals surface area contributed by atoms with Crippen LogP contribution in [0.5, 0.6) is 0 Å². The Hall–Kier alpha value is -3.28. The Bertz CT molecular complexity index is 899. The summed E-state index contributed by atoms with van der Waals surface area (Å²) in [4.78, 5) is 20.8. The molecule has 5 nitrogen and oxygen atoms in total. The molecule has 1 amide bonds. The molecule has 0 aliphatic carbocycles. The molecule has 6 heteroatoms. The van der Waals surface area contributed by atoms with Gasteiger partial charge in [0.2, 0.25) is 5.95 Å². The zero-order chi connectivity index (χ0) is 18.4. The number of nitrogens with one attached hydrogen (secondary N) is 2. The Kier molecular flexibility index (Phi) is 5.53. The van der Waals surface area contributed by atoms with E-state index in [1.54, 1.807) is 31.2 Å². The number of aromatic nitrogens is 2. The third-order valence-corrected chi connectivity index (χ3v) is 3.75. The lowest BCUT2D eigenvalue weighted by Gasteiger charge is -2.09. The lowest BCUT2D eigenvalue weighted by Crippen LogP contribution is -2.27. The predicted molar refractivity (Wildman–Crippen MR) is 98.9 cm³/mol. The average molecular weight is 350 g/mol. The maximum Gasteiger partial charge on any atom is 0.270 e. The summed E-state index contributed by atoms with van der Waals surface area (Å²) in [6.07, 6.45) is 0.733. The van der Waals surface area contributed by atoms with Gasteiger partial charge in [-0.1, -0.05) is 42.5 Å². The molecule has 0 aliphatic heterocycles. The van der Waals surface area contributed by atoms with E-state index in [1.165, 1.54) is 6.07 Å². The van der Waals surface area contributed by atoms with Crippen molar-refractivity contribution >= 4 is 17.5 Å². The summed E-state index contributed by atoms with van der Waals surface area (Å²) < 4.78 is 13.8. The Morgan fingerprint density at radius 1 is 1.04 bits per heavy atom. The van der Waals surface area contributed by atoms with Crippen LogP contribution in [-0.4, -0.2) is 22.4 Å². The molecule has 0 unspecified atom stereocenters. The molecule has 1 aromatic heterocycles. The van der Waals surface area contributed by atoms with E-state index in [0.29, 0.717) is 12.2 Å². The summed E-state index contributed by atoms with van der Waals surface area (Å²) in [5.41, 5.74) is 2.26. The van der Waals surface area contributed by atoms with Gasteiger partial charge in [0.05, 0.1) is 5.69 Å². The molecule has 26 heavy (non-hydrogen) atoms. The van der Waals surface area contributed by atoms with Gasteiger partial charge in [-0.2, -0.15) is 0 Å². The van der Waals surface area contributed by atoms with E-state index in [-0.39, 0.29) is 23.2 Å². The SMILES string of the molecule is Cc1cc(C(=O)NCCc2ccccc2)nc(Nc2ccccc2F)n1. The van der Waals surface area contributed by atoms with Crippen LogP contribution >= 0.6 is 0 Å². The molecule has 0 spiro atoms. The van der Waals surface area contributed by atoms with E-state index < -0.39 is 5.82 Å². The predicted octanol–water partition coefficient (Wildman–Crippen LogP) is 3.64. The molecule has 0 atom stereocenters. The van der Waals surface area contributed by atoms with Gasteiger partial charge in [0.15, 0.2) is 0 Å². The van der Waals surface area contributed by atoms with Crippen LogP contribution in [0.4, 0.5) is 16.0 Å². The Morgan fingerprint density at radius 3 is 2.54 bits per heavy atom. The minimum absolute atomic E-state index is 0.184. The highest BCUT2D eigenvalue weighted by molar-refractivity contribution is 5.92. The number of rotatable bonds is 6. The Balaban J connectivity index is 1.66. The van der Waals surface area contributed by atoms with Crippen LogP contribution in [0.3, 0.4) is 0 Å². The molecule has 2 aromatic carbocycles. The zero-order valence-electron chi connectivity index (χ0n) is 14.4. The molecule has 0 saturated carbocycles. The second-order valence-electron chi connectivity index (χ2n) is 5.81. The molecular formula is C20H19FN4O. The maximum atomic E-state index is 13.8. The minimum atomic E-state index is -0.411. The van der Waals surface area contributed by atoms with Gasteiger partial charge in [0, 0.05) is 12.2 Å². The lowest BCUT2D eigenvalue weighted by atomic mass is 10.1. The summed E-state index contributed by atoms with van der Waals surface area (Å²) in [5, 5.41) is 5.66. The third kappa shape index (κ3) is 4.63. The van der Waals surface area contributed by atoms with Crippen LogP contribution in [0.25, 0.3) is 0 Å². The zero-order valence-corrected chi connectivity index (χ0v) is 14.4. The second-order valence-corrected chi connectivity index (χ2v) is 5.81. The average Bonchev–Trinajstić information content (AvgIpc) is 2.64. The first kappa shape index (κ1) is 17.5. The number of nitrogens with zero attached hydrogens (tertiary/aromatic N) is 2. The molecule has 0 fully saturated rings. The van der Waals surface area contributed by atoms with Crippen molar-refractivity contribution in [2.24, 2.45) is 0 Å². The molecule has 0 radical (unpaired) electrons. The van der Waals surface area contributed by atoms with Crippen LogP contribution in [0.2, 0.25) is 0 Å². The van der Waals surface area contributed by atoms with Gasteiger partial charge in [0.25, 0.3) is 5.91 Å². The van der Waals surface area contributed by atoms with Crippen molar-refractivity contribution in [1.29, 1.82) is 0 Å². The van der Waals surface area contributed by atoms with Crippen LogP contribution in [0.15, 0.2) is 60.7 Å². The van der Waals surface area contributed by atoms with Crippen molar-refractivity contribution in [3.05, 3.63) is 83.4 Å². The number of hydrogen-bond donors (Lipinski definition) is 2. The first-order valence-electron chi connectivity index (χ1n) is 8.31. The van der Waals surface area contributed by atoms with E-state index in [2.05, 4.69) is 20.6 Å². The second kappa shape index (κ2) is 8.20. The van der Waals surface area contributed by atoms with Gasteiger partial charge in [-0.3, -0.25) is 4.79 Å². The van der Waals surface area contributed by atoms with Crippen LogP contribution in [-0.2, 0) is 6.42 Å². The largest absolute Gasteiger partial charge is 0.350 e. The molecule has 2 N–H and O–H groups in total. The quantitative estimate of drug-likeness (QED) is 0.712. The van der Waals surface area contributed by atoms with Gasteiger partial charge < -0.3 is 10.6 Å². The number of para-hydroxylation sites is 1. The molecule has 132 valence electrons. The van der Waals surface area contributed by atoms with Crippen LogP contribution in [0.1, 0.15) is 21.7 Å². The third-order valence-electron chi connectivity index (χ3n) is 3.75. The van der Waals surface area contributed by atoms with Crippen molar-refractivity contribution in [3.63, 3.8) is 0 Å². The fourth-order valence-corrected chi connectivity index (χ4v) is 2.48. The molecule has 1 heterocycles. The van der Waals surface area contributed by atoms with E-state index in [1.807, 2.05) is 30.3 Å². The number of halogens is 1. The van der Waals surface area contributed by atoms with Gasteiger partial charge in [-0.05, 0) is 37.1 Å². The lowest BCUT2D eigenvalue weighted by molar-refractivity contribution is 0.0949. The Labute approximate surface area is 151 Å². The van der Waals surface area contributed by atoms with E-state index >= 15 is 0 Å². The monoisotopic (exact) mass is 350 g/mol. The normalized spacial score (nSPS) is 10.4. The molecule has 0 bridgehead atoms. The summed E-state index contributed by atoms with van der Waals surface area (Å²) in [7, 11) is 0. The maximum absolute atomic E-state index is 13.8. The summed E-state index contributed by atoms with van der Waals surface area (Å²) in [6.45, 7) is 2.26. The topological polar surface area (TPSA) is 66.9 Å². The number of benzene rings is 2. The highest BCUT2D eigenvalue weighted by Gasteiger charge is 2.11. The number of aryl methyl sites for hydroxylation is 1. The summed E-state index contributed by atoms with van der Waals surface area (Å²) in [5.74, 6) is -0.516. The number of carbonyl (C=O) groups excluding carboxylic acids is 1. The summed E-state index contributed by atoms with van der Waals surface area (Å²) >= 11 is 0. The molecule has 3 aromatic rings. The standard InChI is InChI=1S/C20H19FN4O/c1-14-13-18(19(26)22-12-11-15-7-3-2-4-8-15)25-20(23-14)24-17-10-6-5-9-16(17)21/h2-10,13H,11-12H2,1H3,(H,22,26)(H,23,24,25). The van der Waals surface area contributed by atoms with E-state index in [9.17, 15) is 9.18 Å². The highest BCUT2D eigenvalue weighted by atomic mass is 19.1. The van der Waals surface area contributed by atoms with E-state index in [4.69, 9.17) is 0 Å². The minimum Gasteiger partial charge on any atom is -0.350 e. The van der Waals surface area contributed by atoms with Crippen molar-refractivity contribution in [1.82, 2.24) is 15.3 Å². The number of hydrogen-bond acceptors (Lipinski definition) is 4. The van der Waals surface area contributed by atoms with Crippen molar-refractivity contribution in [2.75, 3.05) is 11.9 Å². The fraction of sp³-hybridized carbons (Fsp3) is 0.150. The smallest absolute Gasteiger partial charge is 0.270 e. The van der Waals surface area contributed by atoms with Crippen molar-refractivity contribution < 1.29 is 9.18 Å². The highest BCUT2D eigenvalue weighted by Crippen LogP contribution is 2.17.